The zero-order valence-electron chi connectivity index (χ0n) is 19.1. The molecule has 0 aromatic carbocycles. The van der Waals surface area contributed by atoms with Gasteiger partial charge in [0.15, 0.2) is 0 Å². The van der Waals surface area contributed by atoms with Crippen LogP contribution in [0.5, 0.6) is 0 Å². The highest BCUT2D eigenvalue weighted by molar-refractivity contribution is 5.97. The lowest BCUT2D eigenvalue weighted by atomic mass is 10.0. The van der Waals surface area contributed by atoms with Gasteiger partial charge < -0.3 is 10.5 Å². The minimum absolute atomic E-state index is 0.113. The molecular weight excluding hydrogens is 362 g/mol. The van der Waals surface area contributed by atoms with Crippen molar-refractivity contribution in [1.82, 2.24) is 0 Å². The zero-order valence-corrected chi connectivity index (χ0v) is 19.1. The first kappa shape index (κ1) is 27.4. The Bertz CT molecular complexity index is 482. The van der Waals surface area contributed by atoms with Gasteiger partial charge in [0, 0.05) is 11.1 Å². The molecule has 0 bridgehead atoms. The Hall–Kier alpha value is -1.58. The first-order valence-corrected chi connectivity index (χ1v) is 11.8. The molecular formula is C25H45NO3. The molecule has 4 nitrogen and oxygen atoms in total. The number of unbranched alkanes of at least 4 members (excludes halogenated alkanes) is 15. The van der Waals surface area contributed by atoms with Crippen LogP contribution in [0.2, 0.25) is 0 Å². The van der Waals surface area contributed by atoms with Crippen LogP contribution in [0.25, 0.3) is 0 Å². The summed E-state index contributed by atoms with van der Waals surface area (Å²) >= 11 is 0. The third-order valence-electron chi connectivity index (χ3n) is 5.26. The van der Waals surface area contributed by atoms with E-state index in [0.29, 0.717) is 12.2 Å². The molecule has 0 aromatic rings. The molecule has 0 saturated carbocycles. The molecule has 0 aliphatic heterocycles. The van der Waals surface area contributed by atoms with Crippen molar-refractivity contribution in [1.29, 1.82) is 0 Å². The second-order valence-electron chi connectivity index (χ2n) is 8.16. The van der Waals surface area contributed by atoms with E-state index in [-0.39, 0.29) is 5.57 Å². The molecule has 0 aliphatic carbocycles. The lowest BCUT2D eigenvalue weighted by Crippen LogP contribution is -2.13. The van der Waals surface area contributed by atoms with Crippen molar-refractivity contribution in [3.05, 3.63) is 23.8 Å². The maximum absolute atomic E-state index is 11.8. The maximum atomic E-state index is 11.8. The van der Waals surface area contributed by atoms with Gasteiger partial charge in [-0.05, 0) is 19.4 Å². The Morgan fingerprint density at radius 2 is 1.14 bits per heavy atom. The Kier molecular flexibility index (Phi) is 18.6. The van der Waals surface area contributed by atoms with Crippen LogP contribution in [0.3, 0.4) is 0 Å². The predicted molar refractivity (Wildman–Crippen MR) is 123 cm³/mol. The molecule has 168 valence electrons. The third kappa shape index (κ3) is 18.2. The monoisotopic (exact) mass is 407 g/mol. The molecule has 29 heavy (non-hydrogen) atoms. The van der Waals surface area contributed by atoms with Crippen LogP contribution in [0.1, 0.15) is 117 Å². The van der Waals surface area contributed by atoms with Crippen LogP contribution in [0.15, 0.2) is 23.8 Å². The van der Waals surface area contributed by atoms with Gasteiger partial charge in [-0.15, -0.1) is 0 Å². The van der Waals surface area contributed by atoms with Gasteiger partial charge in [0.1, 0.15) is 0 Å². The molecule has 0 aromatic heterocycles. The highest BCUT2D eigenvalue weighted by Crippen LogP contribution is 2.13. The summed E-state index contributed by atoms with van der Waals surface area (Å²) in [4.78, 5) is 22.7. The fourth-order valence-corrected chi connectivity index (χ4v) is 3.32. The van der Waals surface area contributed by atoms with Gasteiger partial charge in [-0.1, -0.05) is 110 Å². The summed E-state index contributed by atoms with van der Waals surface area (Å²) in [6, 6.07) is 0. The van der Waals surface area contributed by atoms with Gasteiger partial charge in [0.25, 0.3) is 0 Å². The predicted octanol–water partition coefficient (Wildman–Crippen LogP) is 6.78. The zero-order chi connectivity index (χ0) is 21.7. The fourth-order valence-electron chi connectivity index (χ4n) is 3.32. The van der Waals surface area contributed by atoms with Crippen molar-refractivity contribution < 1.29 is 14.3 Å². The molecule has 4 heteroatoms. The maximum Gasteiger partial charge on any atom is 0.333 e. The van der Waals surface area contributed by atoms with Gasteiger partial charge in [-0.2, -0.15) is 0 Å². The van der Waals surface area contributed by atoms with E-state index in [0.717, 1.165) is 12.8 Å². The standard InChI is InChI=1S/C25H45NO3/c1-4-5-6-7-8-9-10-11-12-13-14-15-16-17-18-19-20-29-25(28)23(3)21-22(2)24(26)27/h21H,2,4-20H2,1,3H3,(H2,26,27)/b23-21+. The SMILES string of the molecule is C=C(/C=C(\C)C(=O)OCCCCCCCCCCCCCCCCCC)C(N)=O. The minimum Gasteiger partial charge on any atom is -0.462 e. The summed E-state index contributed by atoms with van der Waals surface area (Å²) in [7, 11) is 0. The van der Waals surface area contributed by atoms with Gasteiger partial charge in [-0.3, -0.25) is 4.79 Å². The molecule has 0 saturated heterocycles. The first-order chi connectivity index (χ1) is 14.0. The molecule has 0 heterocycles. The summed E-state index contributed by atoms with van der Waals surface area (Å²) in [5.74, 6) is -1.04. The van der Waals surface area contributed by atoms with E-state index in [1.807, 2.05) is 0 Å². The number of carbonyl (C=O) groups is 2. The molecule has 0 aliphatic rings. The lowest BCUT2D eigenvalue weighted by molar-refractivity contribution is -0.139. The van der Waals surface area contributed by atoms with Crippen LogP contribution in [0.4, 0.5) is 0 Å². The average molecular weight is 408 g/mol. The molecule has 1 amide bonds. The van der Waals surface area contributed by atoms with Crippen molar-refractivity contribution in [2.45, 2.75) is 117 Å². The van der Waals surface area contributed by atoms with Gasteiger partial charge >= 0.3 is 5.97 Å². The van der Waals surface area contributed by atoms with E-state index >= 15 is 0 Å². The highest BCUT2D eigenvalue weighted by Gasteiger charge is 2.07. The molecule has 2 N–H and O–H groups in total. The first-order valence-electron chi connectivity index (χ1n) is 11.8. The van der Waals surface area contributed by atoms with E-state index in [9.17, 15) is 9.59 Å². The van der Waals surface area contributed by atoms with E-state index in [1.54, 1.807) is 6.92 Å². The van der Waals surface area contributed by atoms with Crippen molar-refractivity contribution in [2.75, 3.05) is 6.61 Å². The number of rotatable bonds is 20. The quantitative estimate of drug-likeness (QED) is 0.105. The van der Waals surface area contributed by atoms with Crippen molar-refractivity contribution >= 4 is 11.9 Å². The fraction of sp³-hybridized carbons (Fsp3) is 0.760. The smallest absolute Gasteiger partial charge is 0.333 e. The second-order valence-corrected chi connectivity index (χ2v) is 8.16. The summed E-state index contributed by atoms with van der Waals surface area (Å²) in [5, 5.41) is 0. The van der Waals surface area contributed by atoms with Crippen molar-refractivity contribution in [3.63, 3.8) is 0 Å². The lowest BCUT2D eigenvalue weighted by Gasteiger charge is -2.06. The summed E-state index contributed by atoms with van der Waals surface area (Å²) in [6.07, 6.45) is 22.5. The van der Waals surface area contributed by atoms with Crippen LogP contribution in [0, 0.1) is 0 Å². The van der Waals surface area contributed by atoms with E-state index in [2.05, 4.69) is 13.5 Å². The van der Waals surface area contributed by atoms with Crippen LogP contribution in [-0.2, 0) is 14.3 Å². The van der Waals surface area contributed by atoms with Gasteiger partial charge in [0.2, 0.25) is 5.91 Å². The normalized spacial score (nSPS) is 11.4. The molecule has 0 fully saturated rings. The Morgan fingerprint density at radius 3 is 1.52 bits per heavy atom. The molecule has 0 rings (SSSR count). The van der Waals surface area contributed by atoms with Crippen LogP contribution >= 0.6 is 0 Å². The number of amides is 1. The number of nitrogens with two attached hydrogens (primary N) is 1. The van der Waals surface area contributed by atoms with Gasteiger partial charge in [-0.25, -0.2) is 4.79 Å². The van der Waals surface area contributed by atoms with E-state index in [4.69, 9.17) is 10.5 Å². The largest absolute Gasteiger partial charge is 0.462 e. The number of ether oxygens (including phenoxy) is 1. The minimum atomic E-state index is -0.630. The van der Waals surface area contributed by atoms with Crippen LogP contribution in [-0.4, -0.2) is 18.5 Å². The molecule has 0 radical (unpaired) electrons. The number of hydrogen-bond acceptors (Lipinski definition) is 3. The van der Waals surface area contributed by atoms with E-state index in [1.165, 1.54) is 96.0 Å². The van der Waals surface area contributed by atoms with Gasteiger partial charge in [0.05, 0.1) is 6.61 Å². The van der Waals surface area contributed by atoms with Crippen molar-refractivity contribution in [2.24, 2.45) is 5.73 Å². The molecule has 0 atom stereocenters. The number of carbonyl (C=O) groups excluding carboxylic acids is 2. The summed E-state index contributed by atoms with van der Waals surface area (Å²) in [6.45, 7) is 7.79. The molecule has 0 spiro atoms. The van der Waals surface area contributed by atoms with E-state index < -0.39 is 11.9 Å². The third-order valence-corrected chi connectivity index (χ3v) is 5.26. The number of primary amides is 1. The summed E-state index contributed by atoms with van der Waals surface area (Å²) in [5.41, 5.74) is 5.56. The summed E-state index contributed by atoms with van der Waals surface area (Å²) < 4.78 is 5.20. The average Bonchev–Trinajstić information content (AvgIpc) is 2.69. The second kappa shape index (κ2) is 19.7. The highest BCUT2D eigenvalue weighted by atomic mass is 16.5. The Labute approximate surface area is 179 Å². The van der Waals surface area contributed by atoms with Crippen molar-refractivity contribution in [3.8, 4) is 0 Å². The molecule has 0 unspecified atom stereocenters. The Morgan fingerprint density at radius 1 is 0.759 bits per heavy atom. The number of esters is 1. The topological polar surface area (TPSA) is 69.4 Å². The Balaban J connectivity index is 3.36. The number of hydrogen-bond donors (Lipinski definition) is 1. The van der Waals surface area contributed by atoms with Crippen LogP contribution < -0.4 is 5.73 Å².